The number of aromatic nitrogens is 1. The van der Waals surface area contributed by atoms with Gasteiger partial charge < -0.3 is 4.52 Å². The van der Waals surface area contributed by atoms with Gasteiger partial charge in [-0.15, -0.1) is 6.58 Å². The van der Waals surface area contributed by atoms with Crippen LogP contribution in [0.1, 0.15) is 59.4 Å². The van der Waals surface area contributed by atoms with Gasteiger partial charge in [0.25, 0.3) is 0 Å². The maximum Gasteiger partial charge on any atom is 0.238 e. The number of sulfonamides is 1. The van der Waals surface area contributed by atoms with Crippen LogP contribution in [0, 0.1) is 0 Å². The Morgan fingerprint density at radius 3 is 2.15 bits per heavy atom. The Morgan fingerprint density at radius 1 is 1.22 bits per heavy atom. The minimum atomic E-state index is -3.69. The molecule has 2 rings (SSSR count). The van der Waals surface area contributed by atoms with Crippen LogP contribution in [-0.2, 0) is 16.4 Å². The maximum atomic E-state index is 11.4. The molecule has 1 aromatic heterocycles. The number of nitrogens with two attached hydrogens (primary N) is 1. The molecule has 0 atom stereocenters. The molecule has 0 radical (unpaired) electrons. The van der Waals surface area contributed by atoms with E-state index >= 15 is 0 Å². The highest BCUT2D eigenvalue weighted by atomic mass is 32.2. The molecule has 0 saturated heterocycles. The Labute approximate surface area is 164 Å². The molecule has 2 N–H and O–H groups in total. The highest BCUT2D eigenvalue weighted by Crippen LogP contribution is 2.33. The lowest BCUT2D eigenvalue weighted by Gasteiger charge is -2.05. The van der Waals surface area contributed by atoms with E-state index in [1.807, 2.05) is 34.6 Å². The molecule has 0 spiro atoms. The van der Waals surface area contributed by atoms with Gasteiger partial charge in [0.2, 0.25) is 10.0 Å². The van der Waals surface area contributed by atoms with Gasteiger partial charge in [-0.25, -0.2) is 13.6 Å². The fourth-order valence-corrected chi connectivity index (χ4v) is 2.86. The van der Waals surface area contributed by atoms with Gasteiger partial charge in [-0.2, -0.15) is 0 Å². The first-order valence-electron chi connectivity index (χ1n) is 9.16. The molecule has 5 nitrogen and oxygen atoms in total. The summed E-state index contributed by atoms with van der Waals surface area (Å²) in [6.45, 7) is 15.3. The van der Waals surface area contributed by atoms with E-state index in [-0.39, 0.29) is 4.90 Å². The zero-order chi connectivity index (χ0) is 21.0. The van der Waals surface area contributed by atoms with Gasteiger partial charge in [0.15, 0.2) is 5.76 Å². The summed E-state index contributed by atoms with van der Waals surface area (Å²) in [7, 11) is -3.69. The fraction of sp³-hybridized carbons (Fsp3) is 0.381. The molecule has 2 aromatic rings. The topological polar surface area (TPSA) is 86.2 Å². The summed E-state index contributed by atoms with van der Waals surface area (Å²) >= 11 is 0. The molecule has 150 valence electrons. The Bertz CT molecular complexity index is 833. The number of benzene rings is 1. The molecular weight excluding hydrogens is 360 g/mol. The fourth-order valence-electron chi connectivity index (χ4n) is 2.34. The largest absolute Gasteiger partial charge is 0.356 e. The van der Waals surface area contributed by atoms with E-state index in [2.05, 4.69) is 24.7 Å². The maximum absolute atomic E-state index is 11.4. The Morgan fingerprint density at radius 2 is 1.74 bits per heavy atom. The highest BCUT2D eigenvalue weighted by Gasteiger charge is 2.18. The lowest BCUT2D eigenvalue weighted by molar-refractivity contribution is 0.403. The quantitative estimate of drug-likeness (QED) is 0.673. The van der Waals surface area contributed by atoms with Crippen LogP contribution in [0.4, 0.5) is 0 Å². The van der Waals surface area contributed by atoms with Crippen LogP contribution >= 0.6 is 0 Å². The van der Waals surface area contributed by atoms with E-state index in [0.717, 1.165) is 41.0 Å². The van der Waals surface area contributed by atoms with Crippen molar-refractivity contribution in [2.45, 2.75) is 59.3 Å². The Balaban J connectivity index is 0.00000123. The number of hydrogen-bond acceptors (Lipinski definition) is 4. The van der Waals surface area contributed by atoms with Gasteiger partial charge in [0, 0.05) is 0 Å². The average Bonchev–Trinajstić information content (AvgIpc) is 3.08. The number of hydrogen-bond donors (Lipinski definition) is 1. The summed E-state index contributed by atoms with van der Waals surface area (Å²) in [4.78, 5) is 0.0909. The van der Waals surface area contributed by atoms with Crippen LogP contribution < -0.4 is 5.14 Å². The third-order valence-electron chi connectivity index (χ3n) is 3.44. The van der Waals surface area contributed by atoms with Crippen LogP contribution in [0.3, 0.4) is 0 Å². The molecular formula is C21H32N2O3S. The molecule has 0 aliphatic rings. The average molecular weight is 393 g/mol. The first kappa shape index (κ1) is 24.8. The summed E-state index contributed by atoms with van der Waals surface area (Å²) < 4.78 is 28.2. The van der Waals surface area contributed by atoms with Crippen LogP contribution in [0.2, 0.25) is 0 Å². The second kappa shape index (κ2) is 12.3. The van der Waals surface area contributed by atoms with Gasteiger partial charge in [-0.3, -0.25) is 0 Å². The van der Waals surface area contributed by atoms with Crippen molar-refractivity contribution in [3.05, 3.63) is 54.5 Å². The molecule has 0 aliphatic carbocycles. The molecule has 27 heavy (non-hydrogen) atoms. The van der Waals surface area contributed by atoms with E-state index in [4.69, 9.17) is 9.66 Å². The van der Waals surface area contributed by atoms with Crippen LogP contribution in [0.5, 0.6) is 0 Å². The zero-order valence-electron chi connectivity index (χ0n) is 17.2. The van der Waals surface area contributed by atoms with E-state index in [9.17, 15) is 8.42 Å². The van der Waals surface area contributed by atoms with E-state index in [1.54, 1.807) is 18.2 Å². The minimum absolute atomic E-state index is 0.0909. The summed E-state index contributed by atoms with van der Waals surface area (Å²) in [5.41, 5.74) is 3.64. The number of aryl methyl sites for hydroxylation is 1. The van der Waals surface area contributed by atoms with Crippen molar-refractivity contribution in [3.63, 3.8) is 0 Å². The first-order chi connectivity index (χ1) is 12.8. The van der Waals surface area contributed by atoms with Gasteiger partial charge in [0.05, 0.1) is 16.2 Å². The van der Waals surface area contributed by atoms with Crippen molar-refractivity contribution in [1.29, 1.82) is 0 Å². The monoisotopic (exact) mass is 392 g/mol. The molecule has 6 heteroatoms. The summed E-state index contributed by atoms with van der Waals surface area (Å²) in [6.07, 6.45) is 5.45. The van der Waals surface area contributed by atoms with Crippen LogP contribution in [0.15, 0.2) is 52.4 Å². The van der Waals surface area contributed by atoms with Crippen molar-refractivity contribution in [2.24, 2.45) is 5.14 Å². The Hall–Kier alpha value is -2.18. The number of allylic oxidation sites excluding steroid dienone is 3. The smallest absolute Gasteiger partial charge is 0.238 e. The molecule has 1 aromatic carbocycles. The van der Waals surface area contributed by atoms with Gasteiger partial charge >= 0.3 is 0 Å². The summed E-state index contributed by atoms with van der Waals surface area (Å²) in [6, 6.07) is 6.46. The molecule has 0 amide bonds. The third-order valence-corrected chi connectivity index (χ3v) is 4.37. The van der Waals surface area contributed by atoms with Crippen molar-refractivity contribution < 1.29 is 12.9 Å². The predicted molar refractivity (Wildman–Crippen MR) is 114 cm³/mol. The standard InChI is InChI=1S/C16H20N2O3S.C3H6.C2H6/c1-4-6-11(3)16-15(14(5-2)18-21-16)12-7-9-13(10-8-12)22(17,19)20;1-3-2;1-2/h6-10H,4-5H2,1-3H3,(H2,17,19,20);3H,1H2,2H3;1-2H3/b11-6+;;. The summed E-state index contributed by atoms with van der Waals surface area (Å²) in [5.74, 6) is 0.724. The second-order valence-corrected chi connectivity index (χ2v) is 7.02. The number of rotatable bonds is 5. The minimum Gasteiger partial charge on any atom is -0.356 e. The third kappa shape index (κ3) is 7.15. The molecule has 0 aliphatic heterocycles. The number of primary sulfonamides is 1. The lowest BCUT2D eigenvalue weighted by Crippen LogP contribution is -2.11. The van der Waals surface area contributed by atoms with Gasteiger partial charge in [-0.1, -0.05) is 57.1 Å². The first-order valence-corrected chi connectivity index (χ1v) is 10.7. The zero-order valence-corrected chi connectivity index (χ0v) is 18.1. The second-order valence-electron chi connectivity index (χ2n) is 5.46. The normalized spacial score (nSPS) is 11.0. The lowest BCUT2D eigenvalue weighted by atomic mass is 9.99. The van der Waals surface area contributed by atoms with Crippen LogP contribution in [0.25, 0.3) is 16.7 Å². The molecule has 1 heterocycles. The van der Waals surface area contributed by atoms with Crippen LogP contribution in [-0.4, -0.2) is 13.6 Å². The van der Waals surface area contributed by atoms with Crippen molar-refractivity contribution >= 4 is 15.6 Å². The summed E-state index contributed by atoms with van der Waals surface area (Å²) in [5, 5.41) is 9.26. The van der Waals surface area contributed by atoms with E-state index in [1.165, 1.54) is 12.1 Å². The molecule has 0 unspecified atom stereocenters. The van der Waals surface area contributed by atoms with E-state index in [0.29, 0.717) is 0 Å². The van der Waals surface area contributed by atoms with Crippen molar-refractivity contribution in [2.75, 3.05) is 0 Å². The van der Waals surface area contributed by atoms with Crippen molar-refractivity contribution in [3.8, 4) is 11.1 Å². The van der Waals surface area contributed by atoms with Gasteiger partial charge in [-0.05, 0) is 50.0 Å². The molecule has 0 saturated carbocycles. The number of nitrogens with zero attached hydrogens (tertiary/aromatic N) is 1. The SMILES string of the molecule is C=CC.CC.CC/C=C(\C)c1onc(CC)c1-c1ccc(S(N)(=O)=O)cc1. The highest BCUT2D eigenvalue weighted by molar-refractivity contribution is 7.89. The van der Waals surface area contributed by atoms with Crippen molar-refractivity contribution in [1.82, 2.24) is 5.16 Å². The van der Waals surface area contributed by atoms with E-state index < -0.39 is 10.0 Å². The van der Waals surface area contributed by atoms with Gasteiger partial charge in [0.1, 0.15) is 0 Å². The molecule has 0 bridgehead atoms. The Kier molecular flexibility index (Phi) is 11.3. The predicted octanol–water partition coefficient (Wildman–Crippen LogP) is 5.58. The molecule has 0 fully saturated rings.